The molecule has 1 fully saturated rings. The molecule has 0 spiro atoms. The predicted octanol–water partition coefficient (Wildman–Crippen LogP) is 2.55. The summed E-state index contributed by atoms with van der Waals surface area (Å²) in [5.74, 6) is 0.757. The van der Waals surface area contributed by atoms with Crippen LogP contribution < -0.4 is 9.64 Å². The zero-order valence-electron chi connectivity index (χ0n) is 12.0. The van der Waals surface area contributed by atoms with Crippen LogP contribution in [0.5, 0.6) is 5.75 Å². The van der Waals surface area contributed by atoms with Crippen LogP contribution in [0.25, 0.3) is 0 Å². The van der Waals surface area contributed by atoms with Gasteiger partial charge in [0.1, 0.15) is 5.75 Å². The lowest BCUT2D eigenvalue weighted by Crippen LogP contribution is -2.48. The maximum absolute atomic E-state index is 11.5. The Labute approximate surface area is 124 Å². The van der Waals surface area contributed by atoms with Crippen LogP contribution in [0, 0.1) is 6.92 Å². The second kappa shape index (κ2) is 6.22. The second-order valence-electron chi connectivity index (χ2n) is 4.72. The number of hydrogen-bond donors (Lipinski definition) is 0. The van der Waals surface area contributed by atoms with Crippen molar-refractivity contribution < 1.29 is 14.3 Å². The quantitative estimate of drug-likeness (QED) is 0.841. The van der Waals surface area contributed by atoms with Crippen LogP contribution >= 0.6 is 11.6 Å². The number of piperazine rings is 1. The van der Waals surface area contributed by atoms with Crippen LogP contribution in [0.4, 0.5) is 10.5 Å². The molecule has 1 aliphatic rings. The molecule has 0 saturated carbocycles. The molecular formula is C14H19ClN2O3. The molecule has 0 unspecified atom stereocenters. The van der Waals surface area contributed by atoms with Crippen molar-refractivity contribution in [3.05, 3.63) is 22.7 Å². The van der Waals surface area contributed by atoms with Crippen LogP contribution in [0.2, 0.25) is 5.02 Å². The molecule has 1 saturated heterocycles. The number of aryl methyl sites for hydroxylation is 1. The first kappa shape index (κ1) is 14.8. The molecule has 1 aromatic rings. The van der Waals surface area contributed by atoms with Gasteiger partial charge in [0.15, 0.2) is 0 Å². The zero-order chi connectivity index (χ0) is 14.7. The number of carbonyl (C=O) groups excluding carboxylic acids is 1. The highest BCUT2D eigenvalue weighted by molar-refractivity contribution is 6.31. The third-order valence-electron chi connectivity index (χ3n) is 3.51. The molecule has 6 heteroatoms. The first-order valence-electron chi connectivity index (χ1n) is 6.48. The Bertz CT molecular complexity index is 499. The van der Waals surface area contributed by atoms with E-state index in [0.717, 1.165) is 30.1 Å². The summed E-state index contributed by atoms with van der Waals surface area (Å²) >= 11 is 6.12. The van der Waals surface area contributed by atoms with Gasteiger partial charge in [-0.3, -0.25) is 0 Å². The predicted molar refractivity (Wildman–Crippen MR) is 78.9 cm³/mol. The van der Waals surface area contributed by atoms with Crippen molar-refractivity contribution in [2.45, 2.75) is 6.92 Å². The van der Waals surface area contributed by atoms with E-state index in [-0.39, 0.29) is 6.09 Å². The van der Waals surface area contributed by atoms with Crippen LogP contribution in [-0.2, 0) is 4.74 Å². The third-order valence-corrected chi connectivity index (χ3v) is 3.92. The minimum atomic E-state index is -0.274. The van der Waals surface area contributed by atoms with Crippen molar-refractivity contribution in [3.8, 4) is 5.75 Å². The van der Waals surface area contributed by atoms with Crippen molar-refractivity contribution in [1.82, 2.24) is 4.90 Å². The molecule has 1 aliphatic heterocycles. The lowest BCUT2D eigenvalue weighted by molar-refractivity contribution is 0.121. The van der Waals surface area contributed by atoms with Gasteiger partial charge in [-0.2, -0.15) is 0 Å². The molecule has 2 rings (SSSR count). The number of rotatable bonds is 2. The van der Waals surface area contributed by atoms with Gasteiger partial charge in [0.25, 0.3) is 0 Å². The largest absolute Gasteiger partial charge is 0.495 e. The molecule has 5 nitrogen and oxygen atoms in total. The van der Waals surface area contributed by atoms with E-state index >= 15 is 0 Å². The van der Waals surface area contributed by atoms with E-state index < -0.39 is 0 Å². The van der Waals surface area contributed by atoms with Gasteiger partial charge in [0.2, 0.25) is 0 Å². The maximum Gasteiger partial charge on any atom is 0.409 e. The standard InChI is InChI=1S/C14H19ClN2O3/c1-10-8-12(13(19-2)9-11(10)15)16-4-6-17(7-5-16)14(18)20-3/h8-9H,4-7H2,1-3H3. The van der Waals surface area contributed by atoms with Gasteiger partial charge in [-0.25, -0.2) is 4.79 Å². The second-order valence-corrected chi connectivity index (χ2v) is 5.12. The summed E-state index contributed by atoms with van der Waals surface area (Å²) < 4.78 is 10.1. The fourth-order valence-corrected chi connectivity index (χ4v) is 2.47. The smallest absolute Gasteiger partial charge is 0.409 e. The van der Waals surface area contributed by atoms with E-state index in [0.29, 0.717) is 18.1 Å². The highest BCUT2D eigenvalue weighted by atomic mass is 35.5. The SMILES string of the molecule is COC(=O)N1CCN(c2cc(C)c(Cl)cc2OC)CC1. The summed E-state index contributed by atoms with van der Waals surface area (Å²) in [6.07, 6.45) is -0.274. The molecule has 0 aliphatic carbocycles. The van der Waals surface area contributed by atoms with Crippen LogP contribution in [-0.4, -0.2) is 51.4 Å². The van der Waals surface area contributed by atoms with Gasteiger partial charge >= 0.3 is 6.09 Å². The molecule has 0 atom stereocenters. The molecule has 0 aromatic heterocycles. The first-order chi connectivity index (χ1) is 9.56. The summed E-state index contributed by atoms with van der Waals surface area (Å²) in [4.78, 5) is 15.4. The summed E-state index contributed by atoms with van der Waals surface area (Å²) in [5.41, 5.74) is 2.02. The molecular weight excluding hydrogens is 280 g/mol. The van der Waals surface area contributed by atoms with Gasteiger partial charge < -0.3 is 19.3 Å². The Morgan fingerprint density at radius 1 is 1.20 bits per heavy atom. The Kier molecular flexibility index (Phi) is 4.60. The molecule has 1 amide bonds. The summed E-state index contributed by atoms with van der Waals surface area (Å²) in [6.45, 7) is 4.73. The molecule has 1 aromatic carbocycles. The molecule has 110 valence electrons. The lowest BCUT2D eigenvalue weighted by Gasteiger charge is -2.36. The van der Waals surface area contributed by atoms with Crippen LogP contribution in [0.1, 0.15) is 5.56 Å². The Morgan fingerprint density at radius 3 is 2.40 bits per heavy atom. The monoisotopic (exact) mass is 298 g/mol. The number of anilines is 1. The fraction of sp³-hybridized carbons (Fsp3) is 0.500. The van der Waals surface area contributed by atoms with E-state index in [2.05, 4.69) is 4.90 Å². The normalized spacial score (nSPS) is 15.2. The van der Waals surface area contributed by atoms with Crippen LogP contribution in [0.3, 0.4) is 0 Å². The Morgan fingerprint density at radius 2 is 1.85 bits per heavy atom. The maximum atomic E-state index is 11.5. The van der Waals surface area contributed by atoms with E-state index in [4.69, 9.17) is 21.1 Å². The average molecular weight is 299 g/mol. The minimum absolute atomic E-state index is 0.274. The fourth-order valence-electron chi connectivity index (χ4n) is 2.32. The number of nitrogens with zero attached hydrogens (tertiary/aromatic N) is 2. The van der Waals surface area contributed by atoms with Gasteiger partial charge in [-0.1, -0.05) is 11.6 Å². The van der Waals surface area contributed by atoms with Crippen molar-refractivity contribution >= 4 is 23.4 Å². The van der Waals surface area contributed by atoms with Crippen LogP contribution in [0.15, 0.2) is 12.1 Å². The highest BCUT2D eigenvalue weighted by Gasteiger charge is 2.23. The van der Waals surface area contributed by atoms with Gasteiger partial charge in [-0.15, -0.1) is 0 Å². The van der Waals surface area contributed by atoms with Crippen molar-refractivity contribution in [1.29, 1.82) is 0 Å². The topological polar surface area (TPSA) is 42.0 Å². The molecule has 0 N–H and O–H groups in total. The van der Waals surface area contributed by atoms with E-state index in [1.54, 1.807) is 12.0 Å². The molecule has 0 radical (unpaired) electrons. The number of hydrogen-bond acceptors (Lipinski definition) is 4. The van der Waals surface area contributed by atoms with Gasteiger partial charge in [-0.05, 0) is 18.6 Å². The van der Waals surface area contributed by atoms with Gasteiger partial charge in [0, 0.05) is 37.3 Å². The highest BCUT2D eigenvalue weighted by Crippen LogP contribution is 2.34. The summed E-state index contributed by atoms with van der Waals surface area (Å²) in [7, 11) is 3.04. The number of ether oxygens (including phenoxy) is 2. The lowest BCUT2D eigenvalue weighted by atomic mass is 10.1. The first-order valence-corrected chi connectivity index (χ1v) is 6.86. The summed E-state index contributed by atoms with van der Waals surface area (Å²) in [5, 5.41) is 0.693. The van der Waals surface area contributed by atoms with Crippen molar-refractivity contribution in [2.75, 3.05) is 45.3 Å². The van der Waals surface area contributed by atoms with Gasteiger partial charge in [0.05, 0.1) is 19.9 Å². The number of methoxy groups -OCH3 is 2. The Balaban J connectivity index is 2.14. The third kappa shape index (κ3) is 2.93. The van der Waals surface area contributed by atoms with Crippen molar-refractivity contribution in [2.24, 2.45) is 0 Å². The molecule has 0 bridgehead atoms. The summed E-state index contributed by atoms with van der Waals surface area (Å²) in [6, 6.07) is 3.86. The average Bonchev–Trinajstić information content (AvgIpc) is 2.49. The zero-order valence-corrected chi connectivity index (χ0v) is 12.7. The number of benzene rings is 1. The molecule has 1 heterocycles. The number of carbonyl (C=O) groups is 1. The van der Waals surface area contributed by atoms with E-state index in [1.165, 1.54) is 7.11 Å². The van der Waals surface area contributed by atoms with Crippen molar-refractivity contribution in [3.63, 3.8) is 0 Å². The molecule has 20 heavy (non-hydrogen) atoms. The van der Waals surface area contributed by atoms with E-state index in [1.807, 2.05) is 19.1 Å². The Hall–Kier alpha value is -1.62. The minimum Gasteiger partial charge on any atom is -0.495 e. The number of amides is 1. The number of halogens is 1. The van der Waals surface area contributed by atoms with E-state index in [9.17, 15) is 4.79 Å².